The van der Waals surface area contributed by atoms with Crippen molar-refractivity contribution >= 4 is 5.91 Å². The van der Waals surface area contributed by atoms with Crippen molar-refractivity contribution in [2.24, 2.45) is 0 Å². The Kier molecular flexibility index (Phi) is 5.28. The average molecular weight is 347 g/mol. The van der Waals surface area contributed by atoms with Gasteiger partial charge in [0.15, 0.2) is 11.6 Å². The van der Waals surface area contributed by atoms with Gasteiger partial charge in [-0.1, -0.05) is 6.07 Å². The fourth-order valence-electron chi connectivity index (χ4n) is 2.99. The Morgan fingerprint density at radius 3 is 2.68 bits per heavy atom. The van der Waals surface area contributed by atoms with Gasteiger partial charge in [-0.3, -0.25) is 9.69 Å². The molecule has 134 valence electrons. The number of piperazine rings is 1. The van der Waals surface area contributed by atoms with Gasteiger partial charge in [0.2, 0.25) is 5.91 Å². The Hall–Kier alpha value is -2.48. The van der Waals surface area contributed by atoms with Gasteiger partial charge in [-0.2, -0.15) is 5.10 Å². The summed E-state index contributed by atoms with van der Waals surface area (Å²) in [6.45, 7) is 5.28. The van der Waals surface area contributed by atoms with E-state index in [0.717, 1.165) is 18.7 Å². The lowest BCUT2D eigenvalue weighted by Crippen LogP contribution is -2.49. The van der Waals surface area contributed by atoms with Crippen LogP contribution in [0.15, 0.2) is 30.9 Å². The van der Waals surface area contributed by atoms with Gasteiger partial charge in [-0.25, -0.2) is 14.1 Å². The van der Waals surface area contributed by atoms with E-state index in [1.54, 1.807) is 17.1 Å². The van der Waals surface area contributed by atoms with Crippen molar-refractivity contribution in [3.63, 3.8) is 0 Å². The first-order chi connectivity index (χ1) is 12.1. The summed E-state index contributed by atoms with van der Waals surface area (Å²) in [6, 6.07) is 4.66. The molecule has 0 aliphatic carbocycles. The van der Waals surface area contributed by atoms with E-state index in [1.807, 2.05) is 17.9 Å². The molecule has 7 nitrogen and oxygen atoms in total. The molecule has 0 N–H and O–H groups in total. The Balaban J connectivity index is 1.53. The van der Waals surface area contributed by atoms with E-state index in [1.165, 1.54) is 19.5 Å². The molecule has 1 amide bonds. The quantitative estimate of drug-likeness (QED) is 0.817. The van der Waals surface area contributed by atoms with E-state index in [9.17, 15) is 9.18 Å². The highest BCUT2D eigenvalue weighted by Crippen LogP contribution is 2.19. The standard InChI is InChI=1S/C17H22FN5O2/c1-13(23-12-19-11-20-23)17(24)22-7-5-21(6-8-22)10-14-3-4-16(25-2)15(18)9-14/h3-4,9,11-13H,5-8,10H2,1-2H3/t13-/m1/s1. The smallest absolute Gasteiger partial charge is 0.247 e. The summed E-state index contributed by atoms with van der Waals surface area (Å²) in [4.78, 5) is 20.5. The van der Waals surface area contributed by atoms with E-state index in [0.29, 0.717) is 19.6 Å². The maximum absolute atomic E-state index is 13.8. The van der Waals surface area contributed by atoms with E-state index in [2.05, 4.69) is 15.0 Å². The van der Waals surface area contributed by atoms with Gasteiger partial charge >= 0.3 is 0 Å². The van der Waals surface area contributed by atoms with Crippen molar-refractivity contribution < 1.29 is 13.9 Å². The molecular formula is C17H22FN5O2. The van der Waals surface area contributed by atoms with Crippen LogP contribution in [0, 0.1) is 5.82 Å². The van der Waals surface area contributed by atoms with Gasteiger partial charge in [-0.15, -0.1) is 0 Å². The molecule has 1 saturated heterocycles. The number of nitrogens with zero attached hydrogens (tertiary/aromatic N) is 5. The largest absolute Gasteiger partial charge is 0.494 e. The number of amides is 1. The third-order valence-corrected chi connectivity index (χ3v) is 4.50. The Labute approximate surface area is 146 Å². The summed E-state index contributed by atoms with van der Waals surface area (Å²) in [5.41, 5.74) is 0.897. The third-order valence-electron chi connectivity index (χ3n) is 4.50. The van der Waals surface area contributed by atoms with Crippen molar-refractivity contribution in [2.45, 2.75) is 19.5 Å². The molecule has 25 heavy (non-hydrogen) atoms. The van der Waals surface area contributed by atoms with E-state index in [-0.39, 0.29) is 23.5 Å². The number of benzene rings is 1. The number of rotatable bonds is 5. The van der Waals surface area contributed by atoms with Crippen molar-refractivity contribution in [3.8, 4) is 5.75 Å². The maximum atomic E-state index is 13.8. The minimum atomic E-state index is -0.357. The van der Waals surface area contributed by atoms with Gasteiger partial charge in [0.25, 0.3) is 0 Å². The van der Waals surface area contributed by atoms with Crippen molar-refractivity contribution in [2.75, 3.05) is 33.3 Å². The monoisotopic (exact) mass is 347 g/mol. The third kappa shape index (κ3) is 3.96. The second-order valence-electron chi connectivity index (χ2n) is 6.12. The summed E-state index contributed by atoms with van der Waals surface area (Å²) < 4.78 is 20.3. The molecule has 1 aliphatic heterocycles. The molecule has 1 aromatic heterocycles. The van der Waals surface area contributed by atoms with Crippen LogP contribution in [0.5, 0.6) is 5.75 Å². The zero-order valence-corrected chi connectivity index (χ0v) is 14.4. The normalized spacial score (nSPS) is 16.7. The van der Waals surface area contributed by atoms with Crippen LogP contribution in [0.2, 0.25) is 0 Å². The van der Waals surface area contributed by atoms with E-state index >= 15 is 0 Å². The number of carbonyl (C=O) groups is 1. The Bertz CT molecular complexity index is 714. The molecule has 1 aliphatic rings. The van der Waals surface area contributed by atoms with Crippen molar-refractivity contribution in [3.05, 3.63) is 42.2 Å². The Morgan fingerprint density at radius 1 is 1.32 bits per heavy atom. The molecule has 1 fully saturated rings. The zero-order chi connectivity index (χ0) is 17.8. The predicted molar refractivity (Wildman–Crippen MR) is 89.5 cm³/mol. The zero-order valence-electron chi connectivity index (χ0n) is 14.4. The van der Waals surface area contributed by atoms with Gasteiger partial charge in [0.05, 0.1) is 7.11 Å². The van der Waals surface area contributed by atoms with Crippen LogP contribution in [0.1, 0.15) is 18.5 Å². The molecule has 2 heterocycles. The topological polar surface area (TPSA) is 63.5 Å². The van der Waals surface area contributed by atoms with Gasteiger partial charge < -0.3 is 9.64 Å². The number of methoxy groups -OCH3 is 1. The highest BCUT2D eigenvalue weighted by molar-refractivity contribution is 5.80. The lowest BCUT2D eigenvalue weighted by atomic mass is 10.1. The summed E-state index contributed by atoms with van der Waals surface area (Å²) in [6.07, 6.45) is 2.98. The highest BCUT2D eigenvalue weighted by atomic mass is 19.1. The van der Waals surface area contributed by atoms with Crippen LogP contribution in [-0.2, 0) is 11.3 Å². The van der Waals surface area contributed by atoms with Crippen LogP contribution >= 0.6 is 0 Å². The SMILES string of the molecule is COc1ccc(CN2CCN(C(=O)[C@@H](C)n3cncn3)CC2)cc1F. The predicted octanol–water partition coefficient (Wildman–Crippen LogP) is 1.33. The number of hydrogen-bond acceptors (Lipinski definition) is 5. The van der Waals surface area contributed by atoms with Gasteiger partial charge in [0, 0.05) is 32.7 Å². The number of ether oxygens (including phenoxy) is 1. The van der Waals surface area contributed by atoms with Gasteiger partial charge in [-0.05, 0) is 24.6 Å². The second kappa shape index (κ2) is 7.60. The summed E-state index contributed by atoms with van der Waals surface area (Å²) in [7, 11) is 1.45. The van der Waals surface area contributed by atoms with Crippen LogP contribution in [0.25, 0.3) is 0 Å². The lowest BCUT2D eigenvalue weighted by molar-refractivity contribution is -0.136. The van der Waals surface area contributed by atoms with E-state index in [4.69, 9.17) is 4.74 Å². The number of halogens is 1. The average Bonchev–Trinajstić information content (AvgIpc) is 3.16. The molecule has 0 bridgehead atoms. The highest BCUT2D eigenvalue weighted by Gasteiger charge is 2.26. The maximum Gasteiger partial charge on any atom is 0.247 e. The van der Waals surface area contributed by atoms with Gasteiger partial charge in [0.1, 0.15) is 18.7 Å². The summed E-state index contributed by atoms with van der Waals surface area (Å²) >= 11 is 0. The molecular weight excluding hydrogens is 325 g/mol. The fraction of sp³-hybridized carbons (Fsp3) is 0.471. The molecule has 8 heteroatoms. The molecule has 0 spiro atoms. The minimum absolute atomic E-state index is 0.0423. The number of hydrogen-bond donors (Lipinski definition) is 0. The fourth-order valence-corrected chi connectivity index (χ4v) is 2.99. The van der Waals surface area contributed by atoms with Crippen LogP contribution in [-0.4, -0.2) is 63.8 Å². The molecule has 2 aromatic rings. The van der Waals surface area contributed by atoms with E-state index < -0.39 is 0 Å². The second-order valence-corrected chi connectivity index (χ2v) is 6.12. The van der Waals surface area contributed by atoms with Crippen molar-refractivity contribution in [1.29, 1.82) is 0 Å². The van der Waals surface area contributed by atoms with Crippen molar-refractivity contribution in [1.82, 2.24) is 24.6 Å². The first kappa shape index (κ1) is 17.3. The summed E-state index contributed by atoms with van der Waals surface area (Å²) in [5, 5.41) is 4.03. The molecule has 0 unspecified atom stereocenters. The first-order valence-electron chi connectivity index (χ1n) is 8.26. The number of aromatic nitrogens is 3. The van der Waals surface area contributed by atoms with Crippen LogP contribution in [0.3, 0.4) is 0 Å². The number of carbonyl (C=O) groups excluding carboxylic acids is 1. The first-order valence-corrected chi connectivity index (χ1v) is 8.26. The van der Waals surface area contributed by atoms with Crippen LogP contribution in [0.4, 0.5) is 4.39 Å². The minimum Gasteiger partial charge on any atom is -0.494 e. The Morgan fingerprint density at radius 2 is 2.08 bits per heavy atom. The molecule has 3 rings (SSSR count). The molecule has 0 radical (unpaired) electrons. The van der Waals surface area contributed by atoms with Crippen LogP contribution < -0.4 is 4.74 Å². The molecule has 1 aromatic carbocycles. The molecule has 0 saturated carbocycles. The summed E-state index contributed by atoms with van der Waals surface area (Å²) in [5.74, 6) is -0.0580. The lowest BCUT2D eigenvalue weighted by Gasteiger charge is -2.35. The molecule has 1 atom stereocenters.